The molecular weight excluding hydrogens is 328 g/mol. The lowest BCUT2D eigenvalue weighted by molar-refractivity contribution is -0.180. The molecule has 10 heteroatoms. The van der Waals surface area contributed by atoms with E-state index in [9.17, 15) is 31.1 Å². The third-order valence-corrected chi connectivity index (χ3v) is 3.19. The maximum atomic E-state index is 12.7. The first-order chi connectivity index (χ1) is 10.5. The van der Waals surface area contributed by atoms with Gasteiger partial charge in [0.15, 0.2) is 0 Å². The van der Waals surface area contributed by atoms with Crippen LogP contribution in [-0.2, 0) is 11.0 Å². The van der Waals surface area contributed by atoms with Crippen molar-refractivity contribution in [2.45, 2.75) is 18.8 Å². The summed E-state index contributed by atoms with van der Waals surface area (Å²) < 4.78 is 75.1. The number of amides is 1. The Kier molecular flexibility index (Phi) is 4.27. The number of carbonyl (C=O) groups excluding carboxylic acids is 1. The zero-order valence-electron chi connectivity index (χ0n) is 11.7. The summed E-state index contributed by atoms with van der Waals surface area (Å²) in [6.07, 6.45) is -9.57. The number of anilines is 1. The number of hydrazone groups is 1. The molecule has 0 radical (unpaired) electrons. The quantitative estimate of drug-likeness (QED) is 0.737. The van der Waals surface area contributed by atoms with Crippen molar-refractivity contribution >= 4 is 17.4 Å². The molecule has 23 heavy (non-hydrogen) atoms. The van der Waals surface area contributed by atoms with Gasteiger partial charge in [0, 0.05) is 20.0 Å². The van der Waals surface area contributed by atoms with Gasteiger partial charge in [0.2, 0.25) is 0 Å². The van der Waals surface area contributed by atoms with Gasteiger partial charge in [0.1, 0.15) is 5.84 Å². The first-order valence-electron chi connectivity index (χ1n) is 6.37. The minimum Gasteiger partial charge on any atom is -0.294 e. The van der Waals surface area contributed by atoms with Crippen molar-refractivity contribution in [3.63, 3.8) is 0 Å². The molecule has 0 saturated carbocycles. The molecule has 1 aliphatic rings. The van der Waals surface area contributed by atoms with Gasteiger partial charge in [0.25, 0.3) is 0 Å². The van der Waals surface area contributed by atoms with Crippen molar-refractivity contribution in [1.82, 2.24) is 4.90 Å². The van der Waals surface area contributed by atoms with Gasteiger partial charge < -0.3 is 0 Å². The number of halogens is 6. The highest BCUT2D eigenvalue weighted by Gasteiger charge is 2.43. The zero-order chi connectivity index (χ0) is 17.4. The molecule has 1 aromatic carbocycles. The van der Waals surface area contributed by atoms with Gasteiger partial charge in [-0.1, -0.05) is 6.07 Å². The molecule has 0 aromatic heterocycles. The van der Waals surface area contributed by atoms with Crippen LogP contribution in [0.1, 0.15) is 12.0 Å². The lowest BCUT2D eigenvalue weighted by Crippen LogP contribution is -2.41. The Morgan fingerprint density at radius 1 is 1.22 bits per heavy atom. The van der Waals surface area contributed by atoms with E-state index >= 15 is 0 Å². The summed E-state index contributed by atoms with van der Waals surface area (Å²) in [5, 5.41) is 4.93. The molecule has 0 aliphatic carbocycles. The van der Waals surface area contributed by atoms with Gasteiger partial charge in [-0.15, -0.1) is 0 Å². The Morgan fingerprint density at radius 2 is 1.87 bits per heavy atom. The summed E-state index contributed by atoms with van der Waals surface area (Å²) in [6.45, 7) is 0.0755. The minimum absolute atomic E-state index is 0.00850. The second-order valence-electron chi connectivity index (χ2n) is 4.80. The highest BCUT2D eigenvalue weighted by atomic mass is 19.4. The number of rotatable bonds is 1. The molecule has 0 fully saturated rings. The maximum absolute atomic E-state index is 12.7. The molecular formula is C13H11F6N3O. The maximum Gasteiger partial charge on any atom is 0.471 e. The van der Waals surface area contributed by atoms with Gasteiger partial charge in [-0.2, -0.15) is 31.4 Å². The van der Waals surface area contributed by atoms with E-state index in [2.05, 4.69) is 5.10 Å². The lowest BCUT2D eigenvalue weighted by atomic mass is 10.2. The van der Waals surface area contributed by atoms with E-state index in [0.29, 0.717) is 4.90 Å². The topological polar surface area (TPSA) is 35.9 Å². The van der Waals surface area contributed by atoms with Crippen LogP contribution in [0.5, 0.6) is 0 Å². The number of carbonyl (C=O) groups is 1. The molecule has 1 aromatic rings. The van der Waals surface area contributed by atoms with Crippen molar-refractivity contribution in [1.29, 1.82) is 0 Å². The van der Waals surface area contributed by atoms with Crippen molar-refractivity contribution < 1.29 is 31.1 Å². The van der Waals surface area contributed by atoms with E-state index in [1.54, 1.807) is 0 Å². The van der Waals surface area contributed by atoms with Crippen LogP contribution in [0.2, 0.25) is 0 Å². The second-order valence-corrected chi connectivity index (χ2v) is 4.80. The van der Waals surface area contributed by atoms with E-state index in [1.807, 2.05) is 0 Å². The zero-order valence-corrected chi connectivity index (χ0v) is 11.7. The van der Waals surface area contributed by atoms with Crippen LogP contribution in [0.4, 0.5) is 32.0 Å². The molecule has 0 unspecified atom stereocenters. The van der Waals surface area contributed by atoms with Crippen LogP contribution >= 0.6 is 0 Å². The molecule has 0 N–H and O–H groups in total. The Bertz CT molecular complexity index is 637. The lowest BCUT2D eigenvalue weighted by Gasteiger charge is -2.18. The standard InChI is InChI=1S/C13H11F6N3O/c1-21(11(23)13(17,18)19)10-5-6-22(20-10)9-4-2-3-8(7-9)12(14,15)16/h2-4,7H,5-6H2,1H3. The fourth-order valence-corrected chi connectivity index (χ4v) is 2.02. The molecule has 0 spiro atoms. The van der Waals surface area contributed by atoms with Gasteiger partial charge in [0.05, 0.1) is 11.3 Å². The van der Waals surface area contributed by atoms with E-state index in [1.165, 1.54) is 12.1 Å². The number of hydrogen-bond acceptors (Lipinski definition) is 3. The van der Waals surface area contributed by atoms with Crippen LogP contribution in [-0.4, -0.2) is 36.4 Å². The summed E-state index contributed by atoms with van der Waals surface area (Å²) in [6, 6.07) is 4.25. The molecule has 0 atom stereocenters. The van der Waals surface area contributed by atoms with Crippen LogP contribution < -0.4 is 5.01 Å². The predicted molar refractivity (Wildman–Crippen MR) is 69.7 cm³/mol. The highest BCUT2D eigenvalue weighted by molar-refractivity contribution is 6.01. The van der Waals surface area contributed by atoms with Gasteiger partial charge >= 0.3 is 18.3 Å². The molecule has 2 rings (SSSR count). The average Bonchev–Trinajstić information content (AvgIpc) is 2.93. The van der Waals surface area contributed by atoms with Crippen LogP contribution in [0.3, 0.4) is 0 Å². The summed E-state index contributed by atoms with van der Waals surface area (Å²) in [5.41, 5.74) is -0.805. The second kappa shape index (κ2) is 5.74. The Labute approximate surface area is 127 Å². The predicted octanol–water partition coefficient (Wildman–Crippen LogP) is 3.25. The van der Waals surface area contributed by atoms with Gasteiger partial charge in [-0.25, -0.2) is 0 Å². The Hall–Kier alpha value is -2.26. The van der Waals surface area contributed by atoms with Crippen LogP contribution in [0, 0.1) is 0 Å². The largest absolute Gasteiger partial charge is 0.471 e. The summed E-state index contributed by atoms with van der Waals surface area (Å²) in [5.74, 6) is -2.24. The van der Waals surface area contributed by atoms with Crippen LogP contribution in [0.25, 0.3) is 0 Å². The number of benzene rings is 1. The van der Waals surface area contributed by atoms with Crippen molar-refractivity contribution in [2.75, 3.05) is 18.6 Å². The number of nitrogens with zero attached hydrogens (tertiary/aromatic N) is 3. The smallest absolute Gasteiger partial charge is 0.294 e. The summed E-state index contributed by atoms with van der Waals surface area (Å²) in [7, 11) is 0.921. The Morgan fingerprint density at radius 3 is 2.43 bits per heavy atom. The van der Waals surface area contributed by atoms with Crippen molar-refractivity contribution in [3.05, 3.63) is 29.8 Å². The first kappa shape index (κ1) is 17.1. The third kappa shape index (κ3) is 3.74. The fraction of sp³-hybridized carbons (Fsp3) is 0.385. The first-order valence-corrected chi connectivity index (χ1v) is 6.37. The minimum atomic E-state index is -5.04. The number of amidine groups is 1. The number of alkyl halides is 6. The normalized spacial score (nSPS) is 15.6. The molecule has 126 valence electrons. The summed E-state index contributed by atoms with van der Waals surface area (Å²) >= 11 is 0. The monoisotopic (exact) mass is 339 g/mol. The highest BCUT2D eigenvalue weighted by Crippen LogP contribution is 2.32. The summed E-state index contributed by atoms with van der Waals surface area (Å²) in [4.78, 5) is 11.5. The Balaban J connectivity index is 2.22. The molecule has 4 nitrogen and oxygen atoms in total. The van der Waals surface area contributed by atoms with E-state index in [0.717, 1.165) is 24.2 Å². The average molecular weight is 339 g/mol. The molecule has 1 amide bonds. The van der Waals surface area contributed by atoms with Crippen LogP contribution in [0.15, 0.2) is 29.4 Å². The molecule has 0 saturated heterocycles. The molecule has 1 heterocycles. The fourth-order valence-electron chi connectivity index (χ4n) is 2.02. The third-order valence-electron chi connectivity index (χ3n) is 3.19. The van der Waals surface area contributed by atoms with E-state index < -0.39 is 23.8 Å². The van der Waals surface area contributed by atoms with Crippen molar-refractivity contribution in [2.24, 2.45) is 5.10 Å². The van der Waals surface area contributed by atoms with E-state index in [-0.39, 0.29) is 24.5 Å². The number of hydrogen-bond donors (Lipinski definition) is 0. The SMILES string of the molecule is CN(C(=O)C(F)(F)F)C1=NN(c2cccc(C(F)(F)F)c2)CC1. The van der Waals surface area contributed by atoms with Crippen molar-refractivity contribution in [3.8, 4) is 0 Å². The van der Waals surface area contributed by atoms with Gasteiger partial charge in [-0.05, 0) is 18.2 Å². The molecule has 1 aliphatic heterocycles. The van der Waals surface area contributed by atoms with E-state index in [4.69, 9.17) is 0 Å². The molecule has 0 bridgehead atoms. The van der Waals surface area contributed by atoms with Gasteiger partial charge in [-0.3, -0.25) is 14.7 Å².